The van der Waals surface area contributed by atoms with Crippen molar-refractivity contribution in [3.63, 3.8) is 0 Å². The first-order valence-corrected chi connectivity index (χ1v) is 4.32. The van der Waals surface area contributed by atoms with Gasteiger partial charge in [-0.3, -0.25) is 9.59 Å². The highest BCUT2D eigenvalue weighted by Gasteiger charge is 2.16. The lowest BCUT2D eigenvalue weighted by atomic mass is 10.5. The summed E-state index contributed by atoms with van der Waals surface area (Å²) in [5.41, 5.74) is 0. The maximum atomic E-state index is 10.4. The summed E-state index contributed by atoms with van der Waals surface area (Å²) < 4.78 is 3.66. The van der Waals surface area contributed by atoms with Crippen LogP contribution in [0.5, 0.6) is 0 Å². The predicted octanol–water partition coefficient (Wildman–Crippen LogP) is -0.486. The average Bonchev–Trinajstić information content (AvgIpc) is 2.52. The van der Waals surface area contributed by atoms with Gasteiger partial charge >= 0.3 is 11.9 Å². The molecule has 0 atom stereocenters. The van der Waals surface area contributed by atoms with E-state index in [-0.39, 0.29) is 5.13 Å². The van der Waals surface area contributed by atoms with E-state index in [1.807, 2.05) is 0 Å². The van der Waals surface area contributed by atoms with Gasteiger partial charge in [-0.2, -0.15) is 4.37 Å². The summed E-state index contributed by atoms with van der Waals surface area (Å²) in [5, 5.41) is 17.3. The Balaban J connectivity index is 2.71. The van der Waals surface area contributed by atoms with Crippen molar-refractivity contribution in [3.05, 3.63) is 6.33 Å². The van der Waals surface area contributed by atoms with Crippen molar-refractivity contribution in [3.8, 4) is 0 Å². The highest BCUT2D eigenvalue weighted by atomic mass is 32.1. The highest BCUT2D eigenvalue weighted by Crippen LogP contribution is 2.13. The van der Waals surface area contributed by atoms with Gasteiger partial charge in [-0.15, -0.1) is 0 Å². The van der Waals surface area contributed by atoms with Gasteiger partial charge in [0.1, 0.15) is 19.4 Å². The number of nitrogens with zero attached hydrogens (tertiary/aromatic N) is 3. The average molecular weight is 217 g/mol. The van der Waals surface area contributed by atoms with Gasteiger partial charge in [0.25, 0.3) is 0 Å². The number of aliphatic carboxylic acids is 2. The summed E-state index contributed by atoms with van der Waals surface area (Å²) in [6.45, 7) is -0.803. The molecule has 7 nitrogen and oxygen atoms in total. The van der Waals surface area contributed by atoms with Crippen molar-refractivity contribution < 1.29 is 19.8 Å². The summed E-state index contributed by atoms with van der Waals surface area (Å²) in [6, 6.07) is 0. The molecule has 2 N–H and O–H groups in total. The number of carboxylic acid groups (broad SMARTS) is 2. The van der Waals surface area contributed by atoms with Crippen molar-refractivity contribution in [2.24, 2.45) is 0 Å². The van der Waals surface area contributed by atoms with Crippen LogP contribution in [0.2, 0.25) is 0 Å². The van der Waals surface area contributed by atoms with Crippen LogP contribution in [0.25, 0.3) is 0 Å². The molecule has 76 valence electrons. The van der Waals surface area contributed by atoms with Gasteiger partial charge in [0.15, 0.2) is 0 Å². The molecule has 0 unspecified atom stereocenters. The molecule has 1 aromatic rings. The molecule has 0 aliphatic rings. The van der Waals surface area contributed by atoms with Crippen LogP contribution in [-0.4, -0.2) is 44.6 Å². The summed E-state index contributed by atoms with van der Waals surface area (Å²) in [6.07, 6.45) is 1.25. The van der Waals surface area contributed by atoms with Crippen molar-refractivity contribution >= 4 is 28.6 Å². The van der Waals surface area contributed by atoms with E-state index in [1.54, 1.807) is 0 Å². The lowest BCUT2D eigenvalue weighted by molar-refractivity contribution is -0.136. The summed E-state index contributed by atoms with van der Waals surface area (Å²) in [4.78, 5) is 25.7. The number of anilines is 1. The van der Waals surface area contributed by atoms with Crippen LogP contribution in [-0.2, 0) is 9.59 Å². The predicted molar refractivity (Wildman–Crippen MR) is 47.4 cm³/mol. The fraction of sp³-hybridized carbons (Fsp3) is 0.333. The Morgan fingerprint density at radius 2 is 1.93 bits per heavy atom. The van der Waals surface area contributed by atoms with E-state index < -0.39 is 25.0 Å². The van der Waals surface area contributed by atoms with E-state index in [0.717, 1.165) is 16.4 Å². The Hall–Kier alpha value is -1.70. The zero-order valence-electron chi connectivity index (χ0n) is 6.95. The monoisotopic (exact) mass is 217 g/mol. The van der Waals surface area contributed by atoms with Gasteiger partial charge in [0.05, 0.1) is 0 Å². The Morgan fingerprint density at radius 3 is 2.29 bits per heavy atom. The van der Waals surface area contributed by atoms with Crippen LogP contribution in [0.4, 0.5) is 5.13 Å². The number of carbonyl (C=O) groups is 2. The third-order valence-corrected chi connectivity index (χ3v) is 2.00. The largest absolute Gasteiger partial charge is 0.480 e. The minimum Gasteiger partial charge on any atom is -0.480 e. The van der Waals surface area contributed by atoms with Crippen molar-refractivity contribution in [2.45, 2.75) is 0 Å². The number of aromatic nitrogens is 2. The van der Waals surface area contributed by atoms with Gasteiger partial charge in [0.2, 0.25) is 5.13 Å². The van der Waals surface area contributed by atoms with Gasteiger partial charge in [-0.05, 0) is 0 Å². The van der Waals surface area contributed by atoms with E-state index in [1.165, 1.54) is 6.33 Å². The molecule has 0 aliphatic carbocycles. The summed E-state index contributed by atoms with van der Waals surface area (Å²) >= 11 is 0.953. The molecule has 14 heavy (non-hydrogen) atoms. The minimum atomic E-state index is -1.11. The molecule has 0 radical (unpaired) electrons. The first kappa shape index (κ1) is 10.4. The van der Waals surface area contributed by atoms with Crippen LogP contribution < -0.4 is 4.90 Å². The third-order valence-electron chi connectivity index (χ3n) is 1.27. The first-order valence-electron chi connectivity index (χ1n) is 3.55. The summed E-state index contributed by atoms with van der Waals surface area (Å²) in [5.74, 6) is -2.22. The molecule has 0 bridgehead atoms. The maximum absolute atomic E-state index is 10.4. The van der Waals surface area contributed by atoms with Crippen LogP contribution in [0.15, 0.2) is 6.33 Å². The summed E-state index contributed by atoms with van der Waals surface area (Å²) in [7, 11) is 0. The van der Waals surface area contributed by atoms with Crippen molar-refractivity contribution in [1.29, 1.82) is 0 Å². The molecule has 1 rings (SSSR count). The molecule has 8 heteroatoms. The van der Waals surface area contributed by atoms with E-state index >= 15 is 0 Å². The van der Waals surface area contributed by atoms with E-state index in [0.29, 0.717) is 0 Å². The molecule has 0 fully saturated rings. The SMILES string of the molecule is O=C(O)CN(CC(=O)O)c1ncns1. The fourth-order valence-corrected chi connectivity index (χ4v) is 1.35. The van der Waals surface area contributed by atoms with Crippen LogP contribution in [0.1, 0.15) is 0 Å². The van der Waals surface area contributed by atoms with Crippen molar-refractivity contribution in [1.82, 2.24) is 9.36 Å². The molecular formula is C6H7N3O4S. The molecule has 0 amide bonds. The van der Waals surface area contributed by atoms with Gasteiger partial charge in [0, 0.05) is 11.5 Å². The van der Waals surface area contributed by atoms with Gasteiger partial charge < -0.3 is 15.1 Å². The van der Waals surface area contributed by atoms with Crippen LogP contribution in [0, 0.1) is 0 Å². The van der Waals surface area contributed by atoms with Crippen LogP contribution >= 0.6 is 11.5 Å². The van der Waals surface area contributed by atoms with Gasteiger partial charge in [-0.25, -0.2) is 4.98 Å². The number of rotatable bonds is 5. The molecular weight excluding hydrogens is 210 g/mol. The topological polar surface area (TPSA) is 104 Å². The zero-order valence-corrected chi connectivity index (χ0v) is 7.77. The number of hydrogen-bond acceptors (Lipinski definition) is 6. The smallest absolute Gasteiger partial charge is 0.323 e. The molecule has 1 aromatic heterocycles. The second-order valence-electron chi connectivity index (χ2n) is 2.37. The molecule has 0 aliphatic heterocycles. The zero-order chi connectivity index (χ0) is 10.6. The van der Waals surface area contributed by atoms with Gasteiger partial charge in [-0.1, -0.05) is 0 Å². The lowest BCUT2D eigenvalue weighted by Gasteiger charge is -2.15. The Labute approximate surface area is 82.8 Å². The second kappa shape index (κ2) is 4.51. The lowest BCUT2D eigenvalue weighted by Crippen LogP contribution is -2.34. The minimum absolute atomic E-state index is 0.287. The molecule has 0 aromatic carbocycles. The third kappa shape index (κ3) is 2.98. The standard InChI is InChI=1S/C6H7N3O4S/c10-4(11)1-9(2-5(12)13)6-7-3-8-14-6/h3H,1-2H2,(H,10,11)(H,12,13). The maximum Gasteiger partial charge on any atom is 0.323 e. The van der Waals surface area contributed by atoms with Crippen molar-refractivity contribution in [2.75, 3.05) is 18.0 Å². The first-order chi connectivity index (χ1) is 6.59. The Bertz CT molecular complexity index is 310. The molecule has 0 saturated heterocycles. The van der Waals surface area contributed by atoms with E-state index in [9.17, 15) is 9.59 Å². The Kier molecular flexibility index (Phi) is 3.35. The number of hydrogen-bond donors (Lipinski definition) is 2. The molecule has 1 heterocycles. The van der Waals surface area contributed by atoms with E-state index in [2.05, 4.69) is 9.36 Å². The second-order valence-corrected chi connectivity index (χ2v) is 3.13. The van der Waals surface area contributed by atoms with E-state index in [4.69, 9.17) is 10.2 Å². The number of carboxylic acids is 2. The Morgan fingerprint density at radius 1 is 1.36 bits per heavy atom. The molecule has 0 saturated carbocycles. The fourth-order valence-electron chi connectivity index (χ4n) is 0.824. The molecule has 0 spiro atoms. The quantitative estimate of drug-likeness (QED) is 0.686. The van der Waals surface area contributed by atoms with Crippen LogP contribution in [0.3, 0.4) is 0 Å². The highest BCUT2D eigenvalue weighted by molar-refractivity contribution is 7.09. The normalized spacial score (nSPS) is 9.71.